The van der Waals surface area contributed by atoms with E-state index in [4.69, 9.17) is 0 Å². The van der Waals surface area contributed by atoms with Crippen LogP contribution in [0.15, 0.2) is 0 Å². The highest BCUT2D eigenvalue weighted by Crippen LogP contribution is 2.43. The monoisotopic (exact) mass is 253 g/mol. The normalized spacial score (nSPS) is 25.4. The molecule has 0 radical (unpaired) electrons. The first-order chi connectivity index (χ1) is 8.59. The van der Waals surface area contributed by atoms with Gasteiger partial charge in [0, 0.05) is 43.1 Å². The van der Waals surface area contributed by atoms with Crippen molar-refractivity contribution >= 4 is 0 Å². The molecule has 98 valence electrons. The first-order valence-electron chi connectivity index (χ1n) is 6.56. The third kappa shape index (κ3) is 2.00. The lowest BCUT2D eigenvalue weighted by Crippen LogP contribution is -2.12. The van der Waals surface area contributed by atoms with Gasteiger partial charge in [0.05, 0.1) is 5.69 Å². The third-order valence-electron chi connectivity index (χ3n) is 3.89. The highest BCUT2D eigenvalue weighted by atomic mass is 19.3. The maximum atomic E-state index is 13.3. The number of halogens is 2. The second kappa shape index (κ2) is 4.23. The van der Waals surface area contributed by atoms with E-state index in [9.17, 15) is 8.78 Å². The second-order valence-corrected chi connectivity index (χ2v) is 5.21. The molecule has 1 saturated carbocycles. The van der Waals surface area contributed by atoms with Crippen LogP contribution in [0.1, 0.15) is 54.9 Å². The summed E-state index contributed by atoms with van der Waals surface area (Å²) in [5, 5.41) is 3.25. The van der Waals surface area contributed by atoms with E-state index in [1.165, 1.54) is 5.56 Å². The van der Waals surface area contributed by atoms with Gasteiger partial charge >= 0.3 is 0 Å². The number of nitrogens with one attached hydrogen (secondary N) is 1. The molecule has 0 amide bonds. The topological polar surface area (TPSA) is 37.8 Å². The highest BCUT2D eigenvalue weighted by molar-refractivity contribution is 5.30. The molecule has 1 fully saturated rings. The summed E-state index contributed by atoms with van der Waals surface area (Å²) in [4.78, 5) is 9.03. The van der Waals surface area contributed by atoms with Crippen LogP contribution in [0.25, 0.3) is 0 Å². The molecule has 3 rings (SSSR count). The van der Waals surface area contributed by atoms with Crippen molar-refractivity contribution in [3.8, 4) is 0 Å². The second-order valence-electron chi connectivity index (χ2n) is 5.21. The van der Waals surface area contributed by atoms with Crippen molar-refractivity contribution in [3.05, 3.63) is 22.8 Å². The fraction of sp³-hybridized carbons (Fsp3) is 0.692. The fourth-order valence-electron chi connectivity index (χ4n) is 2.90. The van der Waals surface area contributed by atoms with Crippen LogP contribution in [0, 0.1) is 0 Å². The van der Waals surface area contributed by atoms with Gasteiger partial charge in [-0.15, -0.1) is 0 Å². The molecule has 0 aromatic carbocycles. The van der Waals surface area contributed by atoms with Crippen molar-refractivity contribution in [1.29, 1.82) is 0 Å². The van der Waals surface area contributed by atoms with Gasteiger partial charge in [0.2, 0.25) is 5.92 Å². The molecule has 1 atom stereocenters. The van der Waals surface area contributed by atoms with Crippen LogP contribution >= 0.6 is 0 Å². The van der Waals surface area contributed by atoms with Crippen LogP contribution in [0.5, 0.6) is 0 Å². The number of nitrogens with zero attached hydrogens (tertiary/aromatic N) is 2. The molecule has 5 heteroatoms. The van der Waals surface area contributed by atoms with Gasteiger partial charge in [-0.3, -0.25) is 0 Å². The average molecular weight is 253 g/mol. The van der Waals surface area contributed by atoms with E-state index in [0.717, 1.165) is 30.9 Å². The summed E-state index contributed by atoms with van der Waals surface area (Å²) in [6.07, 6.45) is 1.21. The predicted octanol–water partition coefficient (Wildman–Crippen LogP) is 2.54. The Hall–Kier alpha value is -1.10. The maximum absolute atomic E-state index is 13.3. The lowest BCUT2D eigenvalue weighted by molar-refractivity contribution is 0.00752. The molecule has 1 aromatic rings. The zero-order valence-electron chi connectivity index (χ0n) is 10.5. The first kappa shape index (κ1) is 12.0. The molecular formula is C13H17F2N3. The van der Waals surface area contributed by atoms with Crippen LogP contribution in [0.2, 0.25) is 0 Å². The summed E-state index contributed by atoms with van der Waals surface area (Å²) in [5.74, 6) is -2.07. The molecule has 1 N–H and O–H groups in total. The molecule has 2 aliphatic rings. The quantitative estimate of drug-likeness (QED) is 0.880. The van der Waals surface area contributed by atoms with Crippen molar-refractivity contribution < 1.29 is 8.78 Å². The van der Waals surface area contributed by atoms with E-state index < -0.39 is 5.92 Å². The molecule has 1 aliphatic heterocycles. The smallest absolute Gasteiger partial charge is 0.248 e. The number of rotatable bonds is 2. The lowest BCUT2D eigenvalue weighted by atomic mass is 10.1. The summed E-state index contributed by atoms with van der Waals surface area (Å²) in [6.45, 7) is 3.59. The Morgan fingerprint density at radius 2 is 2.17 bits per heavy atom. The predicted molar refractivity (Wildman–Crippen MR) is 63.5 cm³/mol. The van der Waals surface area contributed by atoms with Crippen LogP contribution < -0.4 is 5.32 Å². The molecule has 2 heterocycles. The van der Waals surface area contributed by atoms with E-state index in [-0.39, 0.29) is 18.8 Å². The summed E-state index contributed by atoms with van der Waals surface area (Å²) >= 11 is 0. The molecule has 1 aliphatic carbocycles. The highest BCUT2D eigenvalue weighted by Gasteiger charge is 2.41. The lowest BCUT2D eigenvalue weighted by Gasteiger charge is -2.13. The van der Waals surface area contributed by atoms with Gasteiger partial charge in [-0.1, -0.05) is 6.92 Å². The Kier molecular flexibility index (Phi) is 2.81. The molecule has 3 nitrogen and oxygen atoms in total. The standard InChI is InChI=1S/C13H17F2N3/c1-2-10-9-6-16-7-11(9)18-12(17-10)8-3-4-13(14,15)5-8/h8,16H,2-7H2,1H3. The minimum atomic E-state index is -2.53. The zero-order valence-corrected chi connectivity index (χ0v) is 10.5. The number of aromatic nitrogens is 2. The largest absolute Gasteiger partial charge is 0.307 e. The Morgan fingerprint density at radius 3 is 2.83 bits per heavy atom. The zero-order chi connectivity index (χ0) is 12.8. The van der Waals surface area contributed by atoms with Crippen LogP contribution in [0.3, 0.4) is 0 Å². The van der Waals surface area contributed by atoms with Crippen LogP contribution in [-0.4, -0.2) is 15.9 Å². The summed E-state index contributed by atoms with van der Waals surface area (Å²) in [6, 6.07) is 0. The maximum Gasteiger partial charge on any atom is 0.248 e. The van der Waals surface area contributed by atoms with Gasteiger partial charge in [0.25, 0.3) is 0 Å². The Bertz CT molecular complexity index is 474. The minimum Gasteiger partial charge on any atom is -0.307 e. The molecule has 18 heavy (non-hydrogen) atoms. The molecule has 1 aromatic heterocycles. The van der Waals surface area contributed by atoms with Gasteiger partial charge in [0.1, 0.15) is 5.82 Å². The van der Waals surface area contributed by atoms with Gasteiger partial charge in [-0.05, 0) is 12.8 Å². The molecule has 0 saturated heterocycles. The van der Waals surface area contributed by atoms with Gasteiger partial charge in [-0.2, -0.15) is 0 Å². The number of hydrogen-bond donors (Lipinski definition) is 1. The molecule has 0 bridgehead atoms. The summed E-state index contributed by atoms with van der Waals surface area (Å²) in [7, 11) is 0. The first-order valence-corrected chi connectivity index (χ1v) is 6.56. The SMILES string of the molecule is CCc1nc(C2CCC(F)(F)C2)nc2c1CNC2. The van der Waals surface area contributed by atoms with Crippen LogP contribution in [-0.2, 0) is 19.5 Å². The number of hydrogen-bond acceptors (Lipinski definition) is 3. The van der Waals surface area contributed by atoms with Crippen molar-refractivity contribution in [3.63, 3.8) is 0 Å². The van der Waals surface area contributed by atoms with E-state index in [1.54, 1.807) is 0 Å². The van der Waals surface area contributed by atoms with E-state index in [0.29, 0.717) is 12.2 Å². The van der Waals surface area contributed by atoms with Crippen molar-refractivity contribution in [2.75, 3.05) is 0 Å². The van der Waals surface area contributed by atoms with Crippen molar-refractivity contribution in [2.45, 2.75) is 57.5 Å². The number of fused-ring (bicyclic) bond motifs is 1. The number of aryl methyl sites for hydroxylation is 1. The number of alkyl halides is 2. The fourth-order valence-corrected chi connectivity index (χ4v) is 2.90. The van der Waals surface area contributed by atoms with E-state index in [1.807, 2.05) is 6.92 Å². The third-order valence-corrected chi connectivity index (χ3v) is 3.89. The Balaban J connectivity index is 1.94. The molecule has 1 unspecified atom stereocenters. The van der Waals surface area contributed by atoms with Crippen molar-refractivity contribution in [2.24, 2.45) is 0 Å². The van der Waals surface area contributed by atoms with Crippen LogP contribution in [0.4, 0.5) is 8.78 Å². The van der Waals surface area contributed by atoms with E-state index in [2.05, 4.69) is 15.3 Å². The van der Waals surface area contributed by atoms with E-state index >= 15 is 0 Å². The van der Waals surface area contributed by atoms with Crippen molar-refractivity contribution in [1.82, 2.24) is 15.3 Å². The average Bonchev–Trinajstić information content (AvgIpc) is 2.93. The molecule has 0 spiro atoms. The van der Waals surface area contributed by atoms with Gasteiger partial charge in [-0.25, -0.2) is 18.7 Å². The Labute approximate surface area is 105 Å². The summed E-state index contributed by atoms with van der Waals surface area (Å²) in [5.41, 5.74) is 3.20. The van der Waals surface area contributed by atoms with Gasteiger partial charge < -0.3 is 5.32 Å². The van der Waals surface area contributed by atoms with Gasteiger partial charge in [0.15, 0.2) is 0 Å². The molecular weight excluding hydrogens is 236 g/mol. The minimum absolute atomic E-state index is 0.0299. The summed E-state index contributed by atoms with van der Waals surface area (Å²) < 4.78 is 26.5. The Morgan fingerprint density at radius 1 is 1.33 bits per heavy atom.